The number of hydrogen-bond acceptors (Lipinski definition) is 3. The van der Waals surface area contributed by atoms with Gasteiger partial charge in [0.25, 0.3) is 0 Å². The maximum atomic E-state index is 6.39. The Balaban J connectivity index is 1.90. The highest BCUT2D eigenvalue weighted by atomic mass is 35.5. The van der Waals surface area contributed by atoms with Crippen LogP contribution in [-0.4, -0.2) is 12.0 Å². The number of para-hydroxylation sites is 1. The van der Waals surface area contributed by atoms with Gasteiger partial charge in [-0.2, -0.15) is 0 Å². The van der Waals surface area contributed by atoms with Gasteiger partial charge in [0.15, 0.2) is 0 Å². The summed E-state index contributed by atoms with van der Waals surface area (Å²) in [4.78, 5) is 4.71. The summed E-state index contributed by atoms with van der Waals surface area (Å²) in [6.07, 6.45) is 0.846. The fourth-order valence-electron chi connectivity index (χ4n) is 2.46. The third kappa shape index (κ3) is 3.10. The number of halogens is 1. The first-order valence-electron chi connectivity index (χ1n) is 6.95. The van der Waals surface area contributed by atoms with Crippen LogP contribution in [0.1, 0.15) is 22.2 Å². The lowest BCUT2D eigenvalue weighted by atomic mass is 10.0. The largest absolute Gasteiger partial charge is 0.313 e. The zero-order valence-corrected chi connectivity index (χ0v) is 13.6. The summed E-state index contributed by atoms with van der Waals surface area (Å²) >= 11 is 8.14. The van der Waals surface area contributed by atoms with E-state index in [0.717, 1.165) is 27.5 Å². The van der Waals surface area contributed by atoms with E-state index in [-0.39, 0.29) is 6.04 Å². The molecule has 1 heterocycles. The van der Waals surface area contributed by atoms with Crippen LogP contribution in [0.15, 0.2) is 42.5 Å². The number of thiazole rings is 1. The van der Waals surface area contributed by atoms with Crippen molar-refractivity contribution in [1.29, 1.82) is 0 Å². The first-order chi connectivity index (χ1) is 10.2. The van der Waals surface area contributed by atoms with Gasteiger partial charge >= 0.3 is 0 Å². The van der Waals surface area contributed by atoms with Gasteiger partial charge in [-0.3, -0.25) is 0 Å². The smallest absolute Gasteiger partial charge is 0.0957 e. The minimum atomic E-state index is 0.179. The van der Waals surface area contributed by atoms with Gasteiger partial charge < -0.3 is 5.32 Å². The van der Waals surface area contributed by atoms with Gasteiger partial charge in [0.1, 0.15) is 0 Å². The molecule has 0 spiro atoms. The topological polar surface area (TPSA) is 24.9 Å². The van der Waals surface area contributed by atoms with Crippen LogP contribution in [-0.2, 0) is 6.42 Å². The Kier molecular flexibility index (Phi) is 4.24. The van der Waals surface area contributed by atoms with E-state index in [9.17, 15) is 0 Å². The van der Waals surface area contributed by atoms with Crippen LogP contribution in [0.2, 0.25) is 5.02 Å². The van der Waals surface area contributed by atoms with E-state index < -0.39 is 0 Å². The number of rotatable bonds is 4. The van der Waals surface area contributed by atoms with Crippen LogP contribution in [0, 0.1) is 6.92 Å². The Morgan fingerprint density at radius 2 is 2.05 bits per heavy atom. The molecule has 0 aliphatic carbocycles. The molecule has 0 fully saturated rings. The molecule has 0 saturated carbocycles. The molecule has 1 unspecified atom stereocenters. The SMILES string of the molecule is CNC(Cc1nc2ccccc2s1)c1ccc(C)cc1Cl. The molecule has 0 saturated heterocycles. The Bertz CT molecular complexity index is 733. The maximum absolute atomic E-state index is 6.39. The molecule has 0 radical (unpaired) electrons. The average Bonchev–Trinajstić information content (AvgIpc) is 2.87. The summed E-state index contributed by atoms with van der Waals surface area (Å²) in [5.41, 5.74) is 3.38. The number of hydrogen-bond donors (Lipinski definition) is 1. The molecule has 0 bridgehead atoms. The van der Waals surface area contributed by atoms with Gasteiger partial charge in [-0.05, 0) is 43.3 Å². The zero-order chi connectivity index (χ0) is 14.8. The predicted octanol–water partition coefficient (Wildman–Crippen LogP) is 4.76. The lowest BCUT2D eigenvalue weighted by Gasteiger charge is -2.17. The third-order valence-electron chi connectivity index (χ3n) is 3.60. The first-order valence-corrected chi connectivity index (χ1v) is 8.14. The van der Waals surface area contributed by atoms with Gasteiger partial charge in [0.05, 0.1) is 15.2 Å². The van der Waals surface area contributed by atoms with E-state index >= 15 is 0 Å². The van der Waals surface area contributed by atoms with Gasteiger partial charge in [0, 0.05) is 17.5 Å². The number of fused-ring (bicyclic) bond motifs is 1. The lowest BCUT2D eigenvalue weighted by molar-refractivity contribution is 0.591. The molecule has 0 aliphatic heterocycles. The second kappa shape index (κ2) is 6.14. The summed E-state index contributed by atoms with van der Waals surface area (Å²) in [5, 5.41) is 5.30. The highest BCUT2D eigenvalue weighted by molar-refractivity contribution is 7.18. The van der Waals surface area contributed by atoms with Gasteiger partial charge in [0.2, 0.25) is 0 Å². The van der Waals surface area contributed by atoms with Gasteiger partial charge in [-0.15, -0.1) is 11.3 Å². The number of benzene rings is 2. The van der Waals surface area contributed by atoms with E-state index in [0.29, 0.717) is 0 Å². The van der Waals surface area contributed by atoms with Crippen molar-refractivity contribution in [2.75, 3.05) is 7.05 Å². The summed E-state index contributed by atoms with van der Waals surface area (Å²) < 4.78 is 1.23. The van der Waals surface area contributed by atoms with Gasteiger partial charge in [-0.1, -0.05) is 35.9 Å². The summed E-state index contributed by atoms with van der Waals surface area (Å²) in [6, 6.07) is 14.6. The van der Waals surface area contributed by atoms with Crippen molar-refractivity contribution in [3.05, 3.63) is 63.6 Å². The number of nitrogens with zero attached hydrogens (tertiary/aromatic N) is 1. The van der Waals surface area contributed by atoms with Crippen molar-refractivity contribution < 1.29 is 0 Å². The molecule has 108 valence electrons. The average molecular weight is 317 g/mol. The van der Waals surface area contributed by atoms with Crippen molar-refractivity contribution in [2.24, 2.45) is 0 Å². The summed E-state index contributed by atoms with van der Waals surface area (Å²) in [6.45, 7) is 2.05. The number of likely N-dealkylation sites (N-methyl/N-ethyl adjacent to an activating group) is 1. The Labute approximate surface area is 133 Å². The quantitative estimate of drug-likeness (QED) is 0.750. The molecular weight excluding hydrogens is 300 g/mol. The van der Waals surface area contributed by atoms with E-state index in [1.807, 2.05) is 19.2 Å². The van der Waals surface area contributed by atoms with Crippen molar-refractivity contribution in [2.45, 2.75) is 19.4 Å². The Morgan fingerprint density at radius 1 is 1.24 bits per heavy atom. The Morgan fingerprint density at radius 3 is 2.76 bits per heavy atom. The second-order valence-corrected chi connectivity index (χ2v) is 6.67. The molecule has 1 N–H and O–H groups in total. The number of aryl methyl sites for hydroxylation is 1. The summed E-state index contributed by atoms with van der Waals surface area (Å²) in [7, 11) is 1.97. The van der Waals surface area contributed by atoms with Crippen molar-refractivity contribution in [1.82, 2.24) is 10.3 Å². The molecule has 1 atom stereocenters. The van der Waals surface area contributed by atoms with E-state index in [1.54, 1.807) is 11.3 Å². The van der Waals surface area contributed by atoms with E-state index in [1.165, 1.54) is 10.3 Å². The molecule has 1 aromatic heterocycles. The molecule has 3 aromatic rings. The van der Waals surface area contributed by atoms with Crippen molar-refractivity contribution >= 4 is 33.2 Å². The van der Waals surface area contributed by atoms with Crippen molar-refractivity contribution in [3.63, 3.8) is 0 Å². The van der Waals surface area contributed by atoms with Crippen molar-refractivity contribution in [3.8, 4) is 0 Å². The molecular formula is C17H17ClN2S. The molecule has 4 heteroatoms. The number of nitrogens with one attached hydrogen (secondary N) is 1. The molecule has 2 aromatic carbocycles. The monoisotopic (exact) mass is 316 g/mol. The molecule has 0 amide bonds. The second-order valence-electron chi connectivity index (χ2n) is 5.15. The number of aromatic nitrogens is 1. The summed E-state index contributed by atoms with van der Waals surface area (Å²) in [5.74, 6) is 0. The van der Waals surface area contributed by atoms with Gasteiger partial charge in [-0.25, -0.2) is 4.98 Å². The van der Waals surface area contributed by atoms with E-state index in [4.69, 9.17) is 16.6 Å². The lowest BCUT2D eigenvalue weighted by Crippen LogP contribution is -2.19. The first kappa shape index (κ1) is 14.5. The van der Waals surface area contributed by atoms with Crippen LogP contribution in [0.5, 0.6) is 0 Å². The standard InChI is InChI=1S/C17H17ClN2S/c1-11-7-8-12(13(18)9-11)15(19-2)10-17-20-14-5-3-4-6-16(14)21-17/h3-9,15,19H,10H2,1-2H3. The predicted molar refractivity (Wildman–Crippen MR) is 91.3 cm³/mol. The molecule has 3 rings (SSSR count). The third-order valence-corrected chi connectivity index (χ3v) is 4.98. The van der Waals surface area contributed by atoms with Crippen LogP contribution >= 0.6 is 22.9 Å². The van der Waals surface area contributed by atoms with Crippen LogP contribution in [0.4, 0.5) is 0 Å². The molecule has 21 heavy (non-hydrogen) atoms. The van der Waals surface area contributed by atoms with Crippen LogP contribution in [0.3, 0.4) is 0 Å². The highest BCUT2D eigenvalue weighted by Gasteiger charge is 2.16. The molecule has 0 aliphatic rings. The zero-order valence-electron chi connectivity index (χ0n) is 12.1. The maximum Gasteiger partial charge on any atom is 0.0957 e. The van der Waals surface area contributed by atoms with E-state index in [2.05, 4.69) is 42.6 Å². The van der Waals surface area contributed by atoms with Crippen LogP contribution in [0.25, 0.3) is 10.2 Å². The minimum absolute atomic E-state index is 0.179. The Hall–Kier alpha value is -1.42. The fraction of sp³-hybridized carbons (Fsp3) is 0.235. The normalized spacial score (nSPS) is 12.7. The van der Waals surface area contributed by atoms with Crippen LogP contribution < -0.4 is 5.32 Å². The minimum Gasteiger partial charge on any atom is -0.313 e. The molecule has 2 nitrogen and oxygen atoms in total. The highest BCUT2D eigenvalue weighted by Crippen LogP contribution is 2.29. The fourth-order valence-corrected chi connectivity index (χ4v) is 3.84.